The third-order valence-corrected chi connectivity index (χ3v) is 4.42. The Morgan fingerprint density at radius 2 is 1.80 bits per heavy atom. The second kappa shape index (κ2) is 6.80. The van der Waals surface area contributed by atoms with Crippen LogP contribution in [0.3, 0.4) is 0 Å². The summed E-state index contributed by atoms with van der Waals surface area (Å²) in [6.45, 7) is 5.61. The monoisotopic (exact) mass is 344 g/mol. The molecule has 0 saturated carbocycles. The van der Waals surface area contributed by atoms with Crippen molar-refractivity contribution < 1.29 is 14.2 Å². The number of hydrogen-bond donors (Lipinski definition) is 2. The molecule has 1 aromatic heterocycles. The number of rotatable bonds is 2. The van der Waals surface area contributed by atoms with Crippen LogP contribution in [0.5, 0.6) is 0 Å². The van der Waals surface area contributed by atoms with Crippen LogP contribution in [-0.4, -0.2) is 58.2 Å². The van der Waals surface area contributed by atoms with E-state index in [9.17, 15) is 9.59 Å². The third kappa shape index (κ3) is 3.39. The number of carbonyl (C=O) groups excluding carboxylic acids is 2. The Labute approximate surface area is 144 Å². The van der Waals surface area contributed by atoms with Crippen LogP contribution in [0.1, 0.15) is 21.6 Å². The average molecular weight is 344 g/mol. The molecule has 1 fully saturated rings. The largest absolute Gasteiger partial charge is 0.379 e. The van der Waals surface area contributed by atoms with Crippen molar-refractivity contribution in [2.75, 3.05) is 37.2 Å². The van der Waals surface area contributed by atoms with Crippen molar-refractivity contribution in [2.45, 2.75) is 13.8 Å². The SMILES string of the molecule is Cc1cccc(NC(=O)N2CCN(C(=O)c3nonc3N)CC2)c1C. The number of nitrogens with two attached hydrogens (primary N) is 1. The summed E-state index contributed by atoms with van der Waals surface area (Å²) in [5.41, 5.74) is 8.51. The van der Waals surface area contributed by atoms with Crippen LogP contribution in [0.25, 0.3) is 0 Å². The summed E-state index contributed by atoms with van der Waals surface area (Å²) >= 11 is 0. The van der Waals surface area contributed by atoms with E-state index in [1.807, 2.05) is 32.0 Å². The number of nitrogens with one attached hydrogen (secondary N) is 1. The summed E-state index contributed by atoms with van der Waals surface area (Å²) in [5, 5.41) is 9.86. The molecule has 3 rings (SSSR count). The summed E-state index contributed by atoms with van der Waals surface area (Å²) in [6.07, 6.45) is 0. The predicted molar refractivity (Wildman–Crippen MR) is 91.1 cm³/mol. The second-order valence-corrected chi connectivity index (χ2v) is 5.95. The van der Waals surface area contributed by atoms with E-state index in [1.54, 1.807) is 9.80 Å². The second-order valence-electron chi connectivity index (χ2n) is 5.95. The molecule has 0 aliphatic carbocycles. The first-order valence-corrected chi connectivity index (χ1v) is 7.97. The maximum atomic E-state index is 12.4. The molecular formula is C16H20N6O3. The number of hydrogen-bond acceptors (Lipinski definition) is 6. The van der Waals surface area contributed by atoms with Crippen LogP contribution in [0.2, 0.25) is 0 Å². The summed E-state index contributed by atoms with van der Waals surface area (Å²) in [5.74, 6) is -0.367. The minimum atomic E-state index is -0.340. The fraction of sp³-hybridized carbons (Fsp3) is 0.375. The minimum absolute atomic E-state index is 0.00767. The number of nitrogens with zero attached hydrogens (tertiary/aromatic N) is 4. The van der Waals surface area contributed by atoms with Gasteiger partial charge in [-0.25, -0.2) is 9.42 Å². The van der Waals surface area contributed by atoms with Gasteiger partial charge >= 0.3 is 6.03 Å². The lowest BCUT2D eigenvalue weighted by molar-refractivity contribution is 0.0661. The number of amides is 3. The maximum Gasteiger partial charge on any atom is 0.321 e. The molecule has 132 valence electrons. The highest BCUT2D eigenvalue weighted by atomic mass is 16.6. The Morgan fingerprint density at radius 3 is 2.44 bits per heavy atom. The fourth-order valence-corrected chi connectivity index (χ4v) is 2.69. The highest BCUT2D eigenvalue weighted by molar-refractivity contribution is 5.96. The van der Waals surface area contributed by atoms with Crippen molar-refractivity contribution in [1.82, 2.24) is 20.1 Å². The molecule has 0 radical (unpaired) electrons. The first-order chi connectivity index (χ1) is 12.0. The van der Waals surface area contributed by atoms with Crippen LogP contribution >= 0.6 is 0 Å². The standard InChI is InChI=1S/C16H20N6O3/c1-10-4-3-5-12(11(10)2)18-16(24)22-8-6-21(7-9-22)15(23)13-14(17)20-25-19-13/h3-5H,6-9H2,1-2H3,(H2,17,20)(H,18,24). The van der Waals surface area contributed by atoms with Crippen molar-refractivity contribution in [1.29, 1.82) is 0 Å². The van der Waals surface area contributed by atoms with Gasteiger partial charge in [0.1, 0.15) is 0 Å². The Hall–Kier alpha value is -3.10. The number of aromatic nitrogens is 2. The van der Waals surface area contributed by atoms with E-state index in [0.29, 0.717) is 26.2 Å². The van der Waals surface area contributed by atoms with Crippen molar-refractivity contribution in [2.24, 2.45) is 0 Å². The first-order valence-electron chi connectivity index (χ1n) is 7.97. The molecule has 2 heterocycles. The molecule has 1 aliphatic heterocycles. The van der Waals surface area contributed by atoms with Gasteiger partial charge in [-0.1, -0.05) is 12.1 Å². The van der Waals surface area contributed by atoms with Crippen molar-refractivity contribution >= 4 is 23.4 Å². The van der Waals surface area contributed by atoms with E-state index in [4.69, 9.17) is 5.73 Å². The molecule has 1 saturated heterocycles. The van der Waals surface area contributed by atoms with Crippen molar-refractivity contribution in [3.8, 4) is 0 Å². The number of anilines is 2. The van der Waals surface area contributed by atoms with E-state index in [-0.39, 0.29) is 23.5 Å². The van der Waals surface area contributed by atoms with Crippen LogP contribution in [0.4, 0.5) is 16.3 Å². The fourth-order valence-electron chi connectivity index (χ4n) is 2.69. The quantitative estimate of drug-likeness (QED) is 0.847. The van der Waals surface area contributed by atoms with E-state index in [1.165, 1.54) is 0 Å². The normalized spacial score (nSPS) is 14.5. The zero-order chi connectivity index (χ0) is 18.0. The van der Waals surface area contributed by atoms with Gasteiger partial charge in [-0.3, -0.25) is 4.79 Å². The van der Waals surface area contributed by atoms with Gasteiger partial charge in [-0.05, 0) is 41.4 Å². The maximum absolute atomic E-state index is 12.4. The molecule has 9 heteroatoms. The molecule has 2 aromatic rings. The molecule has 3 N–H and O–H groups in total. The van der Waals surface area contributed by atoms with Gasteiger partial charge < -0.3 is 20.9 Å². The lowest BCUT2D eigenvalue weighted by Crippen LogP contribution is -2.51. The number of piperazine rings is 1. The molecular weight excluding hydrogens is 324 g/mol. The van der Waals surface area contributed by atoms with Crippen LogP contribution in [0, 0.1) is 13.8 Å². The van der Waals surface area contributed by atoms with Gasteiger partial charge in [0.2, 0.25) is 11.5 Å². The topological polar surface area (TPSA) is 118 Å². The molecule has 3 amide bonds. The van der Waals surface area contributed by atoms with E-state index in [0.717, 1.165) is 16.8 Å². The zero-order valence-corrected chi connectivity index (χ0v) is 14.2. The van der Waals surface area contributed by atoms with E-state index >= 15 is 0 Å². The smallest absolute Gasteiger partial charge is 0.321 e. The predicted octanol–water partition coefficient (Wildman–Crippen LogP) is 1.26. The zero-order valence-electron chi connectivity index (χ0n) is 14.2. The van der Waals surface area contributed by atoms with Crippen LogP contribution < -0.4 is 11.1 Å². The molecule has 0 spiro atoms. The molecule has 0 atom stereocenters. The van der Waals surface area contributed by atoms with E-state index in [2.05, 4.69) is 20.3 Å². The Kier molecular flexibility index (Phi) is 4.55. The average Bonchev–Trinajstić information content (AvgIpc) is 3.04. The van der Waals surface area contributed by atoms with Gasteiger partial charge in [-0.2, -0.15) is 0 Å². The Morgan fingerprint density at radius 1 is 1.12 bits per heavy atom. The van der Waals surface area contributed by atoms with Gasteiger partial charge in [0, 0.05) is 31.9 Å². The number of urea groups is 1. The Balaban J connectivity index is 1.58. The highest BCUT2D eigenvalue weighted by Gasteiger charge is 2.28. The first kappa shape index (κ1) is 16.7. The van der Waals surface area contributed by atoms with Crippen molar-refractivity contribution in [3.05, 3.63) is 35.0 Å². The molecule has 0 bridgehead atoms. The molecule has 9 nitrogen and oxygen atoms in total. The molecule has 0 unspecified atom stereocenters. The van der Waals surface area contributed by atoms with Crippen molar-refractivity contribution in [3.63, 3.8) is 0 Å². The van der Waals surface area contributed by atoms with E-state index < -0.39 is 0 Å². The summed E-state index contributed by atoms with van der Waals surface area (Å²) < 4.78 is 4.46. The number of aryl methyl sites for hydroxylation is 1. The lowest BCUT2D eigenvalue weighted by Gasteiger charge is -2.34. The third-order valence-electron chi connectivity index (χ3n) is 4.42. The summed E-state index contributed by atoms with van der Waals surface area (Å²) in [4.78, 5) is 28.0. The van der Waals surface area contributed by atoms with Crippen LogP contribution in [-0.2, 0) is 0 Å². The highest BCUT2D eigenvalue weighted by Crippen LogP contribution is 2.19. The van der Waals surface area contributed by atoms with Gasteiger partial charge in [0.25, 0.3) is 5.91 Å². The number of nitrogen functional groups attached to an aromatic ring is 1. The number of benzene rings is 1. The summed E-state index contributed by atoms with van der Waals surface area (Å²) in [6, 6.07) is 5.61. The Bertz CT molecular complexity index is 795. The molecule has 1 aromatic carbocycles. The van der Waals surface area contributed by atoms with Crippen LogP contribution in [0.15, 0.2) is 22.8 Å². The number of carbonyl (C=O) groups is 2. The lowest BCUT2D eigenvalue weighted by atomic mass is 10.1. The summed E-state index contributed by atoms with van der Waals surface area (Å²) in [7, 11) is 0. The molecule has 25 heavy (non-hydrogen) atoms. The minimum Gasteiger partial charge on any atom is -0.379 e. The van der Waals surface area contributed by atoms with Gasteiger partial charge in [0.05, 0.1) is 0 Å². The molecule has 1 aliphatic rings. The van der Waals surface area contributed by atoms with Gasteiger partial charge in [0.15, 0.2) is 0 Å². The van der Waals surface area contributed by atoms with Gasteiger partial charge in [-0.15, -0.1) is 0 Å².